The number of hydrogen-bond acceptors (Lipinski definition) is 1. The molecule has 1 aromatic heterocycles. The lowest BCUT2D eigenvalue weighted by atomic mass is 10.1. The van der Waals surface area contributed by atoms with Crippen LogP contribution in [-0.2, 0) is 11.3 Å². The number of aryl methyl sites for hydroxylation is 1. The van der Waals surface area contributed by atoms with Crippen molar-refractivity contribution in [2.75, 3.05) is 0 Å². The topological polar surface area (TPSA) is 41.2 Å². The van der Waals surface area contributed by atoms with Crippen molar-refractivity contribution in [2.45, 2.75) is 13.5 Å². The van der Waals surface area contributed by atoms with Gasteiger partial charge in [0.1, 0.15) is 0 Å². The molecule has 0 saturated heterocycles. The molecule has 0 spiro atoms. The molecule has 1 heterocycles. The van der Waals surface area contributed by atoms with Crippen LogP contribution < -0.4 is 4.57 Å². The lowest BCUT2D eigenvalue weighted by Gasteiger charge is -1.96. The van der Waals surface area contributed by atoms with Gasteiger partial charge in [0.05, 0.1) is 0 Å². The average Bonchev–Trinajstić information content (AvgIpc) is 2.37. The molecule has 0 unspecified atom stereocenters. The Hall–Kier alpha value is -2.42. The number of carbonyl (C=O) groups is 1. The Bertz CT molecular complexity index is 600. The van der Waals surface area contributed by atoms with E-state index < -0.39 is 5.97 Å². The van der Waals surface area contributed by atoms with Gasteiger partial charge in [-0.05, 0) is 18.1 Å². The van der Waals surface area contributed by atoms with E-state index in [0.717, 1.165) is 11.1 Å². The minimum absolute atomic E-state index is 0.0120. The van der Waals surface area contributed by atoms with Gasteiger partial charge in [-0.2, -0.15) is 4.57 Å². The van der Waals surface area contributed by atoms with Crippen LogP contribution in [0, 0.1) is 6.92 Å². The quantitative estimate of drug-likeness (QED) is 0.852. The SMILES string of the molecule is Cc1cccc(/C=C\c2cc[n+](CC(=O)O)cc2)c1. The second-order valence-electron chi connectivity index (χ2n) is 4.45. The summed E-state index contributed by atoms with van der Waals surface area (Å²) in [6.07, 6.45) is 7.60. The van der Waals surface area contributed by atoms with Crippen molar-refractivity contribution in [1.82, 2.24) is 0 Å². The van der Waals surface area contributed by atoms with Gasteiger partial charge in [-0.25, -0.2) is 4.79 Å². The van der Waals surface area contributed by atoms with Crippen LogP contribution in [-0.4, -0.2) is 11.1 Å². The van der Waals surface area contributed by atoms with Crippen LogP contribution in [0.15, 0.2) is 48.8 Å². The molecule has 96 valence electrons. The van der Waals surface area contributed by atoms with Gasteiger partial charge in [-0.1, -0.05) is 42.0 Å². The van der Waals surface area contributed by atoms with Gasteiger partial charge in [0, 0.05) is 12.1 Å². The van der Waals surface area contributed by atoms with E-state index in [1.54, 1.807) is 17.0 Å². The number of carboxylic acids is 1. The van der Waals surface area contributed by atoms with E-state index in [1.165, 1.54) is 5.56 Å². The average molecular weight is 254 g/mol. The summed E-state index contributed by atoms with van der Waals surface area (Å²) >= 11 is 0. The highest BCUT2D eigenvalue weighted by molar-refractivity contribution is 5.69. The molecule has 1 N–H and O–H groups in total. The van der Waals surface area contributed by atoms with Crippen molar-refractivity contribution in [1.29, 1.82) is 0 Å². The summed E-state index contributed by atoms with van der Waals surface area (Å²) in [6.45, 7) is 2.05. The molecule has 2 aromatic rings. The summed E-state index contributed by atoms with van der Waals surface area (Å²) in [5.41, 5.74) is 3.43. The van der Waals surface area contributed by atoms with Crippen molar-refractivity contribution < 1.29 is 14.5 Å². The first-order chi connectivity index (χ1) is 9.13. The number of hydrogen-bond donors (Lipinski definition) is 1. The van der Waals surface area contributed by atoms with Crippen molar-refractivity contribution in [3.8, 4) is 0 Å². The normalized spacial score (nSPS) is 10.8. The van der Waals surface area contributed by atoms with Crippen LogP contribution in [0.1, 0.15) is 16.7 Å². The van der Waals surface area contributed by atoms with Gasteiger partial charge in [-0.3, -0.25) is 0 Å². The summed E-state index contributed by atoms with van der Waals surface area (Å²) in [7, 11) is 0. The highest BCUT2D eigenvalue weighted by atomic mass is 16.4. The van der Waals surface area contributed by atoms with E-state index in [4.69, 9.17) is 5.11 Å². The molecule has 1 aromatic carbocycles. The standard InChI is InChI=1S/C16H15NO2/c1-13-3-2-4-15(11-13)6-5-14-7-9-17(10-8-14)12-16(18)19/h2-11H,12H2,1H3/p+1/b6-5-. The number of carboxylic acid groups (broad SMARTS) is 1. The maximum absolute atomic E-state index is 10.6. The fourth-order valence-electron chi connectivity index (χ4n) is 1.81. The van der Waals surface area contributed by atoms with Gasteiger partial charge in [0.2, 0.25) is 6.54 Å². The minimum Gasteiger partial charge on any atom is -0.477 e. The molecule has 0 saturated carbocycles. The first-order valence-electron chi connectivity index (χ1n) is 6.09. The largest absolute Gasteiger partial charge is 0.477 e. The van der Waals surface area contributed by atoms with E-state index >= 15 is 0 Å². The Morgan fingerprint density at radius 2 is 1.84 bits per heavy atom. The number of rotatable bonds is 4. The number of pyridine rings is 1. The Kier molecular flexibility index (Phi) is 4.08. The lowest BCUT2D eigenvalue weighted by molar-refractivity contribution is -0.685. The molecule has 19 heavy (non-hydrogen) atoms. The molecule has 0 aliphatic carbocycles. The van der Waals surface area contributed by atoms with Crippen LogP contribution in [0.3, 0.4) is 0 Å². The molecule has 2 rings (SSSR count). The third-order valence-corrected chi connectivity index (χ3v) is 2.75. The summed E-state index contributed by atoms with van der Waals surface area (Å²) in [4.78, 5) is 10.6. The predicted molar refractivity (Wildman–Crippen MR) is 74.4 cm³/mol. The molecule has 0 aliphatic heterocycles. The monoisotopic (exact) mass is 254 g/mol. The summed E-state index contributed by atoms with van der Waals surface area (Å²) in [6, 6.07) is 12.1. The Labute approximate surface area is 112 Å². The molecule has 0 fully saturated rings. The second kappa shape index (κ2) is 5.96. The lowest BCUT2D eigenvalue weighted by Crippen LogP contribution is -2.36. The number of aliphatic carboxylic acids is 1. The number of aromatic nitrogens is 1. The zero-order valence-corrected chi connectivity index (χ0v) is 10.8. The molecule has 3 heteroatoms. The Morgan fingerprint density at radius 3 is 2.47 bits per heavy atom. The molecule has 0 aliphatic rings. The zero-order chi connectivity index (χ0) is 13.7. The molecule has 3 nitrogen and oxygen atoms in total. The van der Waals surface area contributed by atoms with E-state index in [2.05, 4.69) is 25.1 Å². The predicted octanol–water partition coefficient (Wildman–Crippen LogP) is 2.54. The maximum Gasteiger partial charge on any atom is 0.370 e. The number of benzene rings is 1. The summed E-state index contributed by atoms with van der Waals surface area (Å²) in [5, 5.41) is 8.68. The highest BCUT2D eigenvalue weighted by Gasteiger charge is 2.05. The van der Waals surface area contributed by atoms with E-state index in [0.29, 0.717) is 0 Å². The van der Waals surface area contributed by atoms with E-state index in [-0.39, 0.29) is 6.54 Å². The summed E-state index contributed by atoms with van der Waals surface area (Å²) < 4.78 is 1.63. The van der Waals surface area contributed by atoms with Crippen molar-refractivity contribution >= 4 is 18.1 Å². The third kappa shape index (κ3) is 4.07. The van der Waals surface area contributed by atoms with Crippen molar-refractivity contribution in [3.05, 3.63) is 65.5 Å². The molecule has 0 bridgehead atoms. The molecular formula is C16H16NO2+. The highest BCUT2D eigenvalue weighted by Crippen LogP contribution is 2.08. The van der Waals surface area contributed by atoms with Crippen LogP contribution in [0.5, 0.6) is 0 Å². The van der Waals surface area contributed by atoms with Crippen LogP contribution in [0.4, 0.5) is 0 Å². The van der Waals surface area contributed by atoms with E-state index in [9.17, 15) is 4.79 Å². The Balaban J connectivity index is 2.09. The van der Waals surface area contributed by atoms with Crippen LogP contribution >= 0.6 is 0 Å². The molecule has 0 atom stereocenters. The molecule has 0 radical (unpaired) electrons. The van der Waals surface area contributed by atoms with Crippen LogP contribution in [0.25, 0.3) is 12.2 Å². The first-order valence-corrected chi connectivity index (χ1v) is 6.09. The van der Waals surface area contributed by atoms with Crippen molar-refractivity contribution in [2.24, 2.45) is 0 Å². The van der Waals surface area contributed by atoms with Gasteiger partial charge in [0.25, 0.3) is 0 Å². The molecular weight excluding hydrogens is 238 g/mol. The second-order valence-corrected chi connectivity index (χ2v) is 4.45. The Morgan fingerprint density at radius 1 is 1.16 bits per heavy atom. The summed E-state index contributed by atoms with van der Waals surface area (Å²) in [5.74, 6) is -0.840. The van der Waals surface area contributed by atoms with Crippen molar-refractivity contribution in [3.63, 3.8) is 0 Å². The first kappa shape index (κ1) is 13.0. The molecule has 0 amide bonds. The van der Waals surface area contributed by atoms with Gasteiger partial charge in [-0.15, -0.1) is 0 Å². The third-order valence-electron chi connectivity index (χ3n) is 2.75. The fourth-order valence-corrected chi connectivity index (χ4v) is 1.81. The van der Waals surface area contributed by atoms with E-state index in [1.807, 2.05) is 30.4 Å². The minimum atomic E-state index is -0.840. The van der Waals surface area contributed by atoms with Gasteiger partial charge in [0.15, 0.2) is 12.4 Å². The van der Waals surface area contributed by atoms with Gasteiger partial charge < -0.3 is 5.11 Å². The fraction of sp³-hybridized carbons (Fsp3) is 0.125. The zero-order valence-electron chi connectivity index (χ0n) is 10.8. The smallest absolute Gasteiger partial charge is 0.370 e. The van der Waals surface area contributed by atoms with Crippen LogP contribution in [0.2, 0.25) is 0 Å². The number of nitrogens with zero attached hydrogens (tertiary/aromatic N) is 1. The van der Waals surface area contributed by atoms with Gasteiger partial charge >= 0.3 is 5.97 Å². The maximum atomic E-state index is 10.6.